The molecule has 0 amide bonds. The van der Waals surface area contributed by atoms with Crippen LogP contribution in [0.15, 0.2) is 48.7 Å². The number of benzene rings is 2. The monoisotopic (exact) mass is 477 g/mol. The zero-order chi connectivity index (χ0) is 25.2. The summed E-state index contributed by atoms with van der Waals surface area (Å²) in [7, 11) is 0. The molecule has 1 heterocycles. The van der Waals surface area contributed by atoms with Crippen molar-refractivity contribution in [3.63, 3.8) is 0 Å². The first-order chi connectivity index (χ1) is 17.0. The second-order valence-electron chi connectivity index (χ2n) is 9.39. The third-order valence-electron chi connectivity index (χ3n) is 6.66. The second kappa shape index (κ2) is 13.0. The molecule has 0 saturated heterocycles. The van der Waals surface area contributed by atoms with E-state index in [-0.39, 0.29) is 23.0 Å². The summed E-state index contributed by atoms with van der Waals surface area (Å²) in [6.45, 7) is 4.32. The van der Waals surface area contributed by atoms with Crippen LogP contribution in [0.4, 0.5) is 0 Å². The lowest BCUT2D eigenvalue weighted by atomic mass is 9.84. The maximum Gasteiger partial charge on any atom is 0.123 e. The first-order valence-electron chi connectivity index (χ1n) is 13.0. The van der Waals surface area contributed by atoms with Crippen LogP contribution in [0.25, 0.3) is 0 Å². The van der Waals surface area contributed by atoms with E-state index in [9.17, 15) is 20.4 Å². The van der Waals surface area contributed by atoms with Gasteiger partial charge in [0.15, 0.2) is 0 Å². The molecule has 0 unspecified atom stereocenters. The zero-order valence-corrected chi connectivity index (χ0v) is 21.0. The summed E-state index contributed by atoms with van der Waals surface area (Å²) in [5, 5.41) is 42.9. The molecule has 3 rings (SSSR count). The SMILES string of the molecule is CCCCCCc1cc(C(c2ccccn2)c2cc(CCCCCC)c(O)cc2O)c(O)cc1O. The minimum atomic E-state index is -0.554. The van der Waals surface area contributed by atoms with Crippen LogP contribution in [-0.2, 0) is 12.8 Å². The number of rotatable bonds is 13. The fraction of sp³-hybridized carbons (Fsp3) is 0.433. The van der Waals surface area contributed by atoms with E-state index in [2.05, 4.69) is 18.8 Å². The Morgan fingerprint density at radius 3 is 1.57 bits per heavy atom. The van der Waals surface area contributed by atoms with Crippen molar-refractivity contribution in [2.75, 3.05) is 0 Å². The lowest BCUT2D eigenvalue weighted by molar-refractivity contribution is 0.434. The summed E-state index contributed by atoms with van der Waals surface area (Å²) < 4.78 is 0. The van der Waals surface area contributed by atoms with Crippen LogP contribution < -0.4 is 0 Å². The molecular weight excluding hydrogens is 438 g/mol. The Hall–Kier alpha value is -3.21. The van der Waals surface area contributed by atoms with Gasteiger partial charge in [-0.1, -0.05) is 58.4 Å². The first kappa shape index (κ1) is 26.4. The Labute approximate surface area is 209 Å². The number of nitrogens with zero attached hydrogens (tertiary/aromatic N) is 1. The normalized spacial score (nSPS) is 11.3. The van der Waals surface area contributed by atoms with Gasteiger partial charge in [-0.3, -0.25) is 4.98 Å². The van der Waals surface area contributed by atoms with Gasteiger partial charge in [0, 0.05) is 29.5 Å². The molecule has 0 saturated carbocycles. The van der Waals surface area contributed by atoms with Gasteiger partial charge in [-0.25, -0.2) is 0 Å². The Bertz CT molecular complexity index is 1010. The molecule has 0 spiro atoms. The highest BCUT2D eigenvalue weighted by Gasteiger charge is 2.26. The average Bonchev–Trinajstić information content (AvgIpc) is 2.84. The Kier molecular flexibility index (Phi) is 9.83. The molecule has 3 aromatic rings. The highest BCUT2D eigenvalue weighted by Crippen LogP contribution is 2.44. The van der Waals surface area contributed by atoms with Gasteiger partial charge in [0.1, 0.15) is 23.0 Å². The second-order valence-corrected chi connectivity index (χ2v) is 9.39. The van der Waals surface area contributed by atoms with Crippen LogP contribution >= 0.6 is 0 Å². The van der Waals surface area contributed by atoms with Gasteiger partial charge in [-0.15, -0.1) is 0 Å². The smallest absolute Gasteiger partial charge is 0.123 e. The predicted molar refractivity (Wildman–Crippen MR) is 140 cm³/mol. The fourth-order valence-corrected chi connectivity index (χ4v) is 4.66. The molecular formula is C30H39NO4. The van der Waals surface area contributed by atoms with Crippen molar-refractivity contribution in [1.29, 1.82) is 0 Å². The molecule has 2 aromatic carbocycles. The number of hydrogen-bond donors (Lipinski definition) is 4. The van der Waals surface area contributed by atoms with E-state index in [1.807, 2.05) is 30.3 Å². The standard InChI is InChI=1S/C30H39NO4/c1-3-5-7-9-13-21-17-23(28(34)19-26(21)32)30(25-15-11-12-16-31-25)24-18-22(14-10-8-6-4-2)27(33)20-29(24)35/h11-12,15-20,30,32-35H,3-10,13-14H2,1-2H3. The van der Waals surface area contributed by atoms with Crippen LogP contribution in [0.3, 0.4) is 0 Å². The number of unbranched alkanes of at least 4 members (excludes halogenated alkanes) is 6. The molecule has 4 N–H and O–H groups in total. The van der Waals surface area contributed by atoms with Gasteiger partial charge in [0.2, 0.25) is 0 Å². The summed E-state index contributed by atoms with van der Waals surface area (Å²) in [6.07, 6.45) is 11.7. The number of phenols is 4. The lowest BCUT2D eigenvalue weighted by Gasteiger charge is -2.22. The number of aromatic hydroxyl groups is 4. The molecule has 0 bridgehead atoms. The van der Waals surface area contributed by atoms with Crippen LogP contribution in [0.1, 0.15) is 99.1 Å². The lowest BCUT2D eigenvalue weighted by Crippen LogP contribution is -2.08. The molecule has 188 valence electrons. The van der Waals surface area contributed by atoms with E-state index >= 15 is 0 Å². The van der Waals surface area contributed by atoms with E-state index in [1.165, 1.54) is 12.1 Å². The predicted octanol–water partition coefficient (Wildman–Crippen LogP) is 7.33. The first-order valence-corrected chi connectivity index (χ1v) is 13.0. The maximum atomic E-state index is 10.9. The molecule has 1 aromatic heterocycles. The molecule has 35 heavy (non-hydrogen) atoms. The number of aryl methyl sites for hydroxylation is 2. The highest BCUT2D eigenvalue weighted by atomic mass is 16.3. The van der Waals surface area contributed by atoms with E-state index in [4.69, 9.17) is 0 Å². The van der Waals surface area contributed by atoms with Crippen molar-refractivity contribution in [3.05, 3.63) is 76.6 Å². The summed E-state index contributed by atoms with van der Waals surface area (Å²) in [4.78, 5) is 4.54. The molecule has 0 radical (unpaired) electrons. The summed E-state index contributed by atoms with van der Waals surface area (Å²) >= 11 is 0. The molecule has 0 atom stereocenters. The van der Waals surface area contributed by atoms with Gasteiger partial charge in [-0.2, -0.15) is 0 Å². The van der Waals surface area contributed by atoms with Gasteiger partial charge in [0.05, 0.1) is 11.6 Å². The van der Waals surface area contributed by atoms with Gasteiger partial charge in [-0.05, 0) is 61.1 Å². The third-order valence-corrected chi connectivity index (χ3v) is 6.66. The van der Waals surface area contributed by atoms with Crippen molar-refractivity contribution in [3.8, 4) is 23.0 Å². The number of pyridine rings is 1. The minimum absolute atomic E-state index is 0.0487. The maximum absolute atomic E-state index is 10.9. The largest absolute Gasteiger partial charge is 0.508 e. The van der Waals surface area contributed by atoms with Crippen molar-refractivity contribution < 1.29 is 20.4 Å². The zero-order valence-electron chi connectivity index (χ0n) is 21.0. The topological polar surface area (TPSA) is 93.8 Å². The van der Waals surface area contributed by atoms with Gasteiger partial charge >= 0.3 is 0 Å². The minimum Gasteiger partial charge on any atom is -0.508 e. The van der Waals surface area contributed by atoms with Crippen molar-refractivity contribution >= 4 is 0 Å². The van der Waals surface area contributed by atoms with E-state index in [0.29, 0.717) is 29.7 Å². The fourth-order valence-electron chi connectivity index (χ4n) is 4.66. The molecule has 0 aliphatic rings. The Morgan fingerprint density at radius 2 is 1.14 bits per heavy atom. The number of hydrogen-bond acceptors (Lipinski definition) is 5. The highest BCUT2D eigenvalue weighted by molar-refractivity contribution is 5.57. The quantitative estimate of drug-likeness (QED) is 0.193. The van der Waals surface area contributed by atoms with Crippen LogP contribution in [-0.4, -0.2) is 25.4 Å². The summed E-state index contributed by atoms with van der Waals surface area (Å²) in [5.74, 6) is -0.496. The molecule has 0 aliphatic carbocycles. The van der Waals surface area contributed by atoms with Crippen molar-refractivity contribution in [1.82, 2.24) is 4.98 Å². The van der Waals surface area contributed by atoms with Crippen LogP contribution in [0, 0.1) is 0 Å². The summed E-state index contributed by atoms with van der Waals surface area (Å²) in [5.41, 5.74) is 3.36. The van der Waals surface area contributed by atoms with Gasteiger partial charge in [0.25, 0.3) is 0 Å². The van der Waals surface area contributed by atoms with Gasteiger partial charge < -0.3 is 20.4 Å². The number of phenolic OH excluding ortho intramolecular Hbond substituents is 4. The van der Waals surface area contributed by atoms with Crippen molar-refractivity contribution in [2.45, 2.75) is 84.0 Å². The van der Waals surface area contributed by atoms with Crippen LogP contribution in [0.2, 0.25) is 0 Å². The molecule has 0 aliphatic heterocycles. The van der Waals surface area contributed by atoms with Crippen LogP contribution in [0.5, 0.6) is 23.0 Å². The van der Waals surface area contributed by atoms with E-state index < -0.39 is 5.92 Å². The molecule has 5 nitrogen and oxygen atoms in total. The summed E-state index contributed by atoms with van der Waals surface area (Å²) in [6, 6.07) is 12.0. The molecule has 5 heteroatoms. The van der Waals surface area contributed by atoms with Crippen molar-refractivity contribution in [2.24, 2.45) is 0 Å². The van der Waals surface area contributed by atoms with E-state index in [1.54, 1.807) is 6.20 Å². The Morgan fingerprint density at radius 1 is 0.629 bits per heavy atom. The Balaban J connectivity index is 2.06. The average molecular weight is 478 g/mol. The third kappa shape index (κ3) is 6.91. The van der Waals surface area contributed by atoms with E-state index in [0.717, 1.165) is 62.5 Å². The molecule has 0 fully saturated rings. The number of aromatic nitrogens is 1.